The summed E-state index contributed by atoms with van der Waals surface area (Å²) in [6.07, 6.45) is 2.08. The summed E-state index contributed by atoms with van der Waals surface area (Å²) >= 11 is 0. The molecule has 1 aliphatic rings. The zero-order valence-corrected chi connectivity index (χ0v) is 13.3. The van der Waals surface area contributed by atoms with Gasteiger partial charge in [0.2, 0.25) is 0 Å². The van der Waals surface area contributed by atoms with Gasteiger partial charge >= 0.3 is 11.9 Å². The molecule has 1 aromatic carbocycles. The number of hydrogen-bond acceptors (Lipinski definition) is 6. The topological polar surface area (TPSA) is 75.0 Å². The van der Waals surface area contributed by atoms with E-state index >= 15 is 0 Å². The maximum atomic E-state index is 11.4. The van der Waals surface area contributed by atoms with E-state index in [1.54, 1.807) is 12.1 Å². The summed E-state index contributed by atoms with van der Waals surface area (Å²) in [5.74, 6) is 0.785. The molecule has 0 amide bonds. The molecular weight excluding hydrogens is 300 g/mol. The summed E-state index contributed by atoms with van der Waals surface area (Å²) in [4.78, 5) is 22.6. The fourth-order valence-electron chi connectivity index (χ4n) is 3.02. The monoisotopic (exact) mass is 318 g/mol. The average molecular weight is 318 g/mol. The summed E-state index contributed by atoms with van der Waals surface area (Å²) in [6.45, 7) is 2.72. The molecule has 0 aliphatic heterocycles. The first-order valence-corrected chi connectivity index (χ1v) is 7.48. The van der Waals surface area contributed by atoms with Gasteiger partial charge in [0.1, 0.15) is 17.4 Å². The number of rotatable bonds is 3. The highest BCUT2D eigenvalue weighted by atomic mass is 16.6. The van der Waals surface area contributed by atoms with Crippen molar-refractivity contribution in [1.29, 1.82) is 0 Å². The predicted molar refractivity (Wildman–Crippen MR) is 81.5 cm³/mol. The normalized spacial score (nSPS) is 16.7. The highest BCUT2D eigenvalue weighted by Gasteiger charge is 2.29. The first-order valence-electron chi connectivity index (χ1n) is 7.48. The Kier molecular flexibility index (Phi) is 3.98. The van der Waals surface area contributed by atoms with E-state index in [4.69, 9.17) is 18.6 Å². The Morgan fingerprint density at radius 1 is 1.17 bits per heavy atom. The molecule has 0 N–H and O–H groups in total. The van der Waals surface area contributed by atoms with E-state index in [0.717, 1.165) is 36.0 Å². The Bertz CT molecular complexity index is 773. The number of fused-ring (bicyclic) bond motifs is 3. The lowest BCUT2D eigenvalue weighted by molar-refractivity contribution is -0.147. The Morgan fingerprint density at radius 2 is 1.96 bits per heavy atom. The molecular formula is C17H18O6. The second kappa shape index (κ2) is 5.95. The van der Waals surface area contributed by atoms with Crippen molar-refractivity contribution in [3.8, 4) is 11.5 Å². The van der Waals surface area contributed by atoms with Gasteiger partial charge in [0, 0.05) is 37.3 Å². The minimum Gasteiger partial charge on any atom is -0.493 e. The first-order chi connectivity index (χ1) is 11.0. The molecule has 6 heteroatoms. The van der Waals surface area contributed by atoms with Crippen LogP contribution in [0.5, 0.6) is 11.5 Å². The molecule has 1 aromatic heterocycles. The number of carbonyl (C=O) groups is 2. The second-order valence-corrected chi connectivity index (χ2v) is 5.52. The number of hydrogen-bond donors (Lipinski definition) is 0. The quantitative estimate of drug-likeness (QED) is 0.638. The van der Waals surface area contributed by atoms with Gasteiger partial charge in [0.25, 0.3) is 0 Å². The van der Waals surface area contributed by atoms with Crippen molar-refractivity contribution in [1.82, 2.24) is 0 Å². The van der Waals surface area contributed by atoms with Crippen LogP contribution in [-0.2, 0) is 20.7 Å². The van der Waals surface area contributed by atoms with Crippen LogP contribution < -0.4 is 9.47 Å². The Balaban J connectivity index is 2.15. The molecule has 122 valence electrons. The number of furan rings is 1. The maximum Gasteiger partial charge on any atom is 0.308 e. The van der Waals surface area contributed by atoms with Crippen molar-refractivity contribution in [3.63, 3.8) is 0 Å². The van der Waals surface area contributed by atoms with Gasteiger partial charge in [-0.1, -0.05) is 0 Å². The SMILES string of the molecule is COc1cc2oc3c(c2cc1OC(C)=O)C(OC(C)=O)CCC3. The maximum absolute atomic E-state index is 11.4. The van der Waals surface area contributed by atoms with Crippen molar-refractivity contribution in [2.45, 2.75) is 39.2 Å². The molecule has 1 aliphatic carbocycles. The third kappa shape index (κ3) is 2.88. The van der Waals surface area contributed by atoms with E-state index in [1.165, 1.54) is 21.0 Å². The fraction of sp³-hybridized carbons (Fsp3) is 0.412. The largest absolute Gasteiger partial charge is 0.493 e. The smallest absolute Gasteiger partial charge is 0.308 e. The van der Waals surface area contributed by atoms with Gasteiger partial charge in [-0.05, 0) is 18.9 Å². The van der Waals surface area contributed by atoms with Gasteiger partial charge in [-0.3, -0.25) is 9.59 Å². The molecule has 1 unspecified atom stereocenters. The zero-order chi connectivity index (χ0) is 16.6. The lowest BCUT2D eigenvalue weighted by Gasteiger charge is -2.21. The minimum absolute atomic E-state index is 0.322. The van der Waals surface area contributed by atoms with Crippen LogP contribution in [0, 0.1) is 0 Å². The van der Waals surface area contributed by atoms with Gasteiger partial charge in [0.05, 0.1) is 7.11 Å². The van der Waals surface area contributed by atoms with Crippen LogP contribution in [0.25, 0.3) is 11.0 Å². The molecule has 0 saturated heterocycles. The van der Waals surface area contributed by atoms with Crippen LogP contribution in [0.3, 0.4) is 0 Å². The lowest BCUT2D eigenvalue weighted by Crippen LogP contribution is -2.14. The summed E-state index contributed by atoms with van der Waals surface area (Å²) in [6, 6.07) is 3.40. The molecule has 1 atom stereocenters. The number of aryl methyl sites for hydroxylation is 1. The average Bonchev–Trinajstić information content (AvgIpc) is 2.83. The number of carbonyl (C=O) groups excluding carboxylic acids is 2. The molecule has 0 bridgehead atoms. The van der Waals surface area contributed by atoms with Crippen molar-refractivity contribution in [2.75, 3.05) is 7.11 Å². The van der Waals surface area contributed by atoms with E-state index in [0.29, 0.717) is 17.1 Å². The van der Waals surface area contributed by atoms with Crippen LogP contribution in [0.2, 0.25) is 0 Å². The molecule has 0 spiro atoms. The highest BCUT2D eigenvalue weighted by molar-refractivity contribution is 5.87. The number of benzene rings is 1. The Hall–Kier alpha value is -2.50. The van der Waals surface area contributed by atoms with Crippen LogP contribution in [0.15, 0.2) is 16.5 Å². The molecule has 23 heavy (non-hydrogen) atoms. The van der Waals surface area contributed by atoms with E-state index in [2.05, 4.69) is 0 Å². The standard InChI is InChI=1S/C17H18O6/c1-9(18)21-12-5-4-6-13-17(12)11-7-16(22-10(2)19)15(20-3)8-14(11)23-13/h7-8,12H,4-6H2,1-3H3. The third-order valence-corrected chi connectivity index (χ3v) is 3.84. The summed E-state index contributed by atoms with van der Waals surface area (Å²) in [5.41, 5.74) is 1.49. The predicted octanol–water partition coefficient (Wildman–Crippen LogP) is 3.31. The molecule has 0 saturated carbocycles. The molecule has 0 fully saturated rings. The van der Waals surface area contributed by atoms with Gasteiger partial charge in [-0.2, -0.15) is 0 Å². The lowest BCUT2D eigenvalue weighted by atomic mass is 9.93. The van der Waals surface area contributed by atoms with Crippen LogP contribution in [-0.4, -0.2) is 19.0 Å². The van der Waals surface area contributed by atoms with E-state index < -0.39 is 5.97 Å². The van der Waals surface area contributed by atoms with E-state index in [-0.39, 0.29) is 12.1 Å². The van der Waals surface area contributed by atoms with Crippen molar-refractivity contribution < 1.29 is 28.2 Å². The van der Waals surface area contributed by atoms with Gasteiger partial charge in [-0.15, -0.1) is 0 Å². The van der Waals surface area contributed by atoms with Crippen LogP contribution in [0.4, 0.5) is 0 Å². The second-order valence-electron chi connectivity index (χ2n) is 5.52. The molecule has 3 rings (SSSR count). The fourth-order valence-corrected chi connectivity index (χ4v) is 3.02. The molecule has 6 nitrogen and oxygen atoms in total. The summed E-state index contributed by atoms with van der Waals surface area (Å²) in [5, 5.41) is 0.781. The molecule has 2 aromatic rings. The molecule has 1 heterocycles. The van der Waals surface area contributed by atoms with Crippen LogP contribution in [0.1, 0.15) is 44.1 Å². The van der Waals surface area contributed by atoms with Crippen molar-refractivity contribution in [3.05, 3.63) is 23.5 Å². The highest BCUT2D eigenvalue weighted by Crippen LogP contribution is 2.43. The van der Waals surface area contributed by atoms with Gasteiger partial charge in [0.15, 0.2) is 11.5 Å². The zero-order valence-electron chi connectivity index (χ0n) is 13.3. The minimum atomic E-state index is -0.434. The van der Waals surface area contributed by atoms with Crippen molar-refractivity contribution >= 4 is 22.9 Å². The number of esters is 2. The Morgan fingerprint density at radius 3 is 2.61 bits per heavy atom. The summed E-state index contributed by atoms with van der Waals surface area (Å²) in [7, 11) is 1.50. The Labute approximate surface area is 133 Å². The van der Waals surface area contributed by atoms with E-state index in [1.807, 2.05) is 0 Å². The summed E-state index contributed by atoms with van der Waals surface area (Å²) < 4.78 is 21.8. The van der Waals surface area contributed by atoms with Crippen molar-refractivity contribution in [2.24, 2.45) is 0 Å². The van der Waals surface area contributed by atoms with E-state index in [9.17, 15) is 9.59 Å². The number of ether oxygens (including phenoxy) is 3. The van der Waals surface area contributed by atoms with Gasteiger partial charge < -0.3 is 18.6 Å². The molecule has 0 radical (unpaired) electrons. The third-order valence-electron chi connectivity index (χ3n) is 3.84. The first kappa shape index (κ1) is 15.4. The van der Waals surface area contributed by atoms with Gasteiger partial charge in [-0.25, -0.2) is 0 Å². The number of methoxy groups -OCH3 is 1. The van der Waals surface area contributed by atoms with Crippen LogP contribution >= 0.6 is 0 Å².